The standard InChI is InChI=1S/C18H10N4OS/c23-17(13-9-19-7-8-20-13)22-18-21-15-11-5-1-3-10-4-2-6-12(14(10)11)16(15)24-18/h1-9H,(H,21,22,23). The van der Waals surface area contributed by atoms with Crippen LogP contribution < -0.4 is 5.32 Å². The molecule has 24 heavy (non-hydrogen) atoms. The summed E-state index contributed by atoms with van der Waals surface area (Å²) in [7, 11) is 0. The van der Waals surface area contributed by atoms with E-state index in [-0.39, 0.29) is 11.6 Å². The molecule has 0 fully saturated rings. The second-order valence-electron chi connectivity index (χ2n) is 5.45. The molecule has 1 aliphatic carbocycles. The number of nitrogens with one attached hydrogen (secondary N) is 1. The van der Waals surface area contributed by atoms with Crippen LogP contribution in [0.1, 0.15) is 10.5 Å². The molecular weight excluding hydrogens is 320 g/mol. The average molecular weight is 330 g/mol. The predicted molar refractivity (Wildman–Crippen MR) is 94.0 cm³/mol. The van der Waals surface area contributed by atoms with Gasteiger partial charge in [-0.2, -0.15) is 0 Å². The lowest BCUT2D eigenvalue weighted by Crippen LogP contribution is -2.13. The van der Waals surface area contributed by atoms with E-state index in [4.69, 9.17) is 0 Å². The monoisotopic (exact) mass is 330 g/mol. The Morgan fingerprint density at radius 3 is 2.67 bits per heavy atom. The maximum absolute atomic E-state index is 12.2. The number of rotatable bonds is 2. The van der Waals surface area contributed by atoms with Crippen LogP contribution in [0.15, 0.2) is 55.0 Å². The van der Waals surface area contributed by atoms with Crippen molar-refractivity contribution in [3.05, 3.63) is 60.7 Å². The van der Waals surface area contributed by atoms with Crippen LogP contribution >= 0.6 is 11.3 Å². The van der Waals surface area contributed by atoms with Crippen molar-refractivity contribution in [2.75, 3.05) is 5.32 Å². The molecule has 0 saturated carbocycles. The molecule has 114 valence electrons. The number of carbonyl (C=O) groups is 1. The molecule has 0 unspecified atom stereocenters. The van der Waals surface area contributed by atoms with Gasteiger partial charge in [-0.3, -0.25) is 15.1 Å². The maximum atomic E-state index is 12.2. The van der Waals surface area contributed by atoms with E-state index in [1.807, 2.05) is 12.1 Å². The summed E-state index contributed by atoms with van der Waals surface area (Å²) in [5, 5.41) is 5.83. The van der Waals surface area contributed by atoms with E-state index in [1.54, 1.807) is 0 Å². The third-order valence-corrected chi connectivity index (χ3v) is 5.05. The highest BCUT2D eigenvalue weighted by Gasteiger charge is 2.26. The summed E-state index contributed by atoms with van der Waals surface area (Å²) in [6.07, 6.45) is 4.46. The number of hydrogen-bond acceptors (Lipinski definition) is 5. The van der Waals surface area contributed by atoms with Gasteiger partial charge >= 0.3 is 0 Å². The maximum Gasteiger partial charge on any atom is 0.277 e. The Labute approximate surface area is 141 Å². The van der Waals surface area contributed by atoms with E-state index in [9.17, 15) is 4.79 Å². The van der Waals surface area contributed by atoms with Crippen LogP contribution in [0.2, 0.25) is 0 Å². The summed E-state index contributed by atoms with van der Waals surface area (Å²) >= 11 is 1.48. The third kappa shape index (κ3) is 1.87. The quantitative estimate of drug-likeness (QED) is 0.531. The number of thiazole rings is 1. The molecule has 6 heteroatoms. The molecule has 1 aliphatic rings. The van der Waals surface area contributed by atoms with Gasteiger partial charge < -0.3 is 0 Å². The summed E-state index contributed by atoms with van der Waals surface area (Å²) in [5.74, 6) is -0.304. The largest absolute Gasteiger partial charge is 0.296 e. The van der Waals surface area contributed by atoms with E-state index < -0.39 is 0 Å². The molecule has 2 heterocycles. The predicted octanol–water partition coefficient (Wildman–Crippen LogP) is 3.99. The van der Waals surface area contributed by atoms with Gasteiger partial charge in [0.1, 0.15) is 5.69 Å². The summed E-state index contributed by atoms with van der Waals surface area (Å²) in [5.41, 5.74) is 3.50. The fraction of sp³-hybridized carbons (Fsp3) is 0. The Bertz CT molecular complexity index is 1050. The van der Waals surface area contributed by atoms with Gasteiger partial charge in [-0.1, -0.05) is 47.7 Å². The van der Waals surface area contributed by atoms with Crippen LogP contribution in [0, 0.1) is 0 Å². The first-order valence-corrected chi connectivity index (χ1v) is 8.23. The van der Waals surface area contributed by atoms with Crippen molar-refractivity contribution >= 4 is 33.1 Å². The summed E-state index contributed by atoms with van der Waals surface area (Å²) in [4.78, 5) is 25.9. The van der Waals surface area contributed by atoms with Crippen molar-refractivity contribution in [3.8, 4) is 21.7 Å². The fourth-order valence-electron chi connectivity index (χ4n) is 3.04. The Morgan fingerprint density at radius 1 is 1.04 bits per heavy atom. The second-order valence-corrected chi connectivity index (χ2v) is 6.45. The van der Waals surface area contributed by atoms with E-state index in [2.05, 4.69) is 44.5 Å². The fourth-order valence-corrected chi connectivity index (χ4v) is 4.05. The zero-order valence-electron chi connectivity index (χ0n) is 12.4. The highest BCUT2D eigenvalue weighted by molar-refractivity contribution is 7.20. The highest BCUT2D eigenvalue weighted by Crippen LogP contribution is 2.50. The number of amides is 1. The van der Waals surface area contributed by atoms with Crippen molar-refractivity contribution in [3.63, 3.8) is 0 Å². The molecular formula is C18H10N4OS. The van der Waals surface area contributed by atoms with Crippen molar-refractivity contribution in [2.45, 2.75) is 0 Å². The lowest BCUT2D eigenvalue weighted by molar-refractivity contribution is 0.102. The molecule has 5 nitrogen and oxygen atoms in total. The molecule has 0 spiro atoms. The lowest BCUT2D eigenvalue weighted by Gasteiger charge is -2.02. The zero-order chi connectivity index (χ0) is 16.1. The topological polar surface area (TPSA) is 67.8 Å². The van der Waals surface area contributed by atoms with Crippen LogP contribution in [0.3, 0.4) is 0 Å². The number of benzene rings is 2. The Hall–Kier alpha value is -3.12. The van der Waals surface area contributed by atoms with Crippen molar-refractivity contribution in [1.29, 1.82) is 0 Å². The lowest BCUT2D eigenvalue weighted by atomic mass is 10.0. The van der Waals surface area contributed by atoms with E-state index in [0.29, 0.717) is 5.13 Å². The molecule has 2 aromatic heterocycles. The van der Waals surface area contributed by atoms with Crippen LogP contribution in [0.25, 0.3) is 32.5 Å². The first kappa shape index (κ1) is 13.3. The molecule has 1 N–H and O–H groups in total. The summed E-state index contributed by atoms with van der Waals surface area (Å²) in [6.45, 7) is 0. The number of hydrogen-bond donors (Lipinski definition) is 1. The first-order valence-electron chi connectivity index (χ1n) is 7.42. The Balaban J connectivity index is 1.56. The van der Waals surface area contributed by atoms with Gasteiger partial charge in [0.25, 0.3) is 5.91 Å². The summed E-state index contributed by atoms with van der Waals surface area (Å²) in [6, 6.07) is 12.5. The molecule has 0 aliphatic heterocycles. The van der Waals surface area contributed by atoms with E-state index >= 15 is 0 Å². The minimum absolute atomic E-state index is 0.273. The van der Waals surface area contributed by atoms with E-state index in [1.165, 1.54) is 46.3 Å². The van der Waals surface area contributed by atoms with Gasteiger partial charge in [0.2, 0.25) is 0 Å². The minimum Gasteiger partial charge on any atom is -0.296 e. The second kappa shape index (κ2) is 4.94. The molecule has 0 radical (unpaired) electrons. The highest BCUT2D eigenvalue weighted by atomic mass is 32.1. The van der Waals surface area contributed by atoms with Crippen molar-refractivity contribution in [1.82, 2.24) is 15.0 Å². The number of aromatic nitrogens is 3. The van der Waals surface area contributed by atoms with Gasteiger partial charge in [-0.15, -0.1) is 0 Å². The molecule has 0 bridgehead atoms. The molecule has 1 amide bonds. The van der Waals surface area contributed by atoms with Gasteiger partial charge in [-0.25, -0.2) is 9.97 Å². The van der Waals surface area contributed by atoms with Crippen molar-refractivity contribution in [2.24, 2.45) is 0 Å². The molecule has 5 rings (SSSR count). The Morgan fingerprint density at radius 2 is 1.88 bits per heavy atom. The van der Waals surface area contributed by atoms with Crippen molar-refractivity contribution < 1.29 is 4.79 Å². The SMILES string of the molecule is O=C(Nc1nc2c(s1)-c1cccc3cccc-2c13)c1cnccn1. The molecule has 4 aromatic rings. The number of fused-ring (bicyclic) bond motifs is 3. The Kier molecular flexibility index (Phi) is 2.74. The number of anilines is 1. The van der Waals surface area contributed by atoms with Crippen LogP contribution in [-0.2, 0) is 0 Å². The first-order chi connectivity index (χ1) is 11.8. The van der Waals surface area contributed by atoms with Gasteiger partial charge in [-0.05, 0) is 10.8 Å². The number of carbonyl (C=O) groups excluding carboxylic acids is 1. The summed E-state index contributed by atoms with van der Waals surface area (Å²) < 4.78 is 0. The third-order valence-electron chi connectivity index (χ3n) is 4.05. The average Bonchev–Trinajstić information content (AvgIpc) is 3.16. The number of nitrogens with zero attached hydrogens (tertiary/aromatic N) is 3. The van der Waals surface area contributed by atoms with Crippen LogP contribution in [0.4, 0.5) is 5.13 Å². The van der Waals surface area contributed by atoms with E-state index in [0.717, 1.165) is 16.1 Å². The van der Waals surface area contributed by atoms with Crippen LogP contribution in [0.5, 0.6) is 0 Å². The van der Waals surface area contributed by atoms with Crippen LogP contribution in [-0.4, -0.2) is 20.9 Å². The zero-order valence-corrected chi connectivity index (χ0v) is 13.2. The molecule has 0 saturated heterocycles. The normalized spacial score (nSPS) is 11.5. The van der Waals surface area contributed by atoms with Gasteiger partial charge in [0, 0.05) is 23.5 Å². The molecule has 2 aromatic carbocycles. The molecule has 0 atom stereocenters. The minimum atomic E-state index is -0.304. The smallest absolute Gasteiger partial charge is 0.277 e. The van der Waals surface area contributed by atoms with Gasteiger partial charge in [0.15, 0.2) is 5.13 Å². The van der Waals surface area contributed by atoms with Gasteiger partial charge in [0.05, 0.1) is 16.8 Å².